The van der Waals surface area contributed by atoms with Crippen molar-refractivity contribution in [2.75, 3.05) is 5.33 Å². The summed E-state index contributed by atoms with van der Waals surface area (Å²) in [6.07, 6.45) is 5.79. The molecule has 0 N–H and O–H groups in total. The summed E-state index contributed by atoms with van der Waals surface area (Å²) >= 11 is 3.45. The fourth-order valence-corrected chi connectivity index (χ4v) is 4.27. The third-order valence-electron chi connectivity index (χ3n) is 5.00. The van der Waals surface area contributed by atoms with Crippen molar-refractivity contribution in [2.24, 2.45) is 11.8 Å². The van der Waals surface area contributed by atoms with Gasteiger partial charge in [-0.05, 0) is 49.7 Å². The molecule has 2 nitrogen and oxygen atoms in total. The largest absolute Gasteiger partial charge is 0.298 e. The van der Waals surface area contributed by atoms with Gasteiger partial charge in [0.15, 0.2) is 11.6 Å². The number of hydrogen-bond donors (Lipinski definition) is 0. The van der Waals surface area contributed by atoms with E-state index in [1.165, 1.54) is 5.56 Å². The molecule has 2 saturated carbocycles. The van der Waals surface area contributed by atoms with Crippen molar-refractivity contribution >= 4 is 27.5 Å². The van der Waals surface area contributed by atoms with E-state index in [-0.39, 0.29) is 23.4 Å². The molecule has 2 aliphatic rings. The number of ketones is 2. The molecule has 3 rings (SSSR count). The van der Waals surface area contributed by atoms with Crippen molar-refractivity contribution in [2.45, 2.75) is 44.4 Å². The Labute approximate surface area is 134 Å². The molecule has 3 heteroatoms. The summed E-state index contributed by atoms with van der Waals surface area (Å²) in [5.74, 6) is 0.154. The Hall–Kier alpha value is -0.960. The van der Waals surface area contributed by atoms with Gasteiger partial charge in [0.05, 0.1) is 0 Å². The monoisotopic (exact) mass is 348 g/mol. The first-order chi connectivity index (χ1) is 10.2. The molecule has 0 saturated heterocycles. The zero-order valence-corrected chi connectivity index (χ0v) is 13.8. The lowest BCUT2D eigenvalue weighted by atomic mass is 9.74. The number of hydrogen-bond acceptors (Lipinski definition) is 2. The molecule has 1 aromatic carbocycles. The van der Waals surface area contributed by atoms with Crippen LogP contribution in [-0.4, -0.2) is 16.9 Å². The van der Waals surface area contributed by atoms with E-state index in [4.69, 9.17) is 0 Å². The molecule has 2 fully saturated rings. The van der Waals surface area contributed by atoms with Crippen LogP contribution in [0.15, 0.2) is 24.3 Å². The van der Waals surface area contributed by atoms with Crippen LogP contribution in [-0.2, 0) is 16.0 Å². The average Bonchev–Trinajstić information content (AvgIpc) is 2.94. The van der Waals surface area contributed by atoms with E-state index in [0.717, 1.165) is 49.4 Å². The molecule has 0 amide bonds. The van der Waals surface area contributed by atoms with Gasteiger partial charge in [-0.25, -0.2) is 0 Å². The molecular weight excluding hydrogens is 328 g/mol. The zero-order valence-electron chi connectivity index (χ0n) is 12.2. The highest BCUT2D eigenvalue weighted by Gasteiger charge is 2.47. The smallest absolute Gasteiger partial charge is 0.150 e. The SMILES string of the molecule is O=C1C2CCC(C2)C(=O)C1c1ccccc1CCCCBr. The second-order valence-corrected chi connectivity index (χ2v) is 7.08. The highest BCUT2D eigenvalue weighted by molar-refractivity contribution is 9.09. The number of rotatable bonds is 5. The van der Waals surface area contributed by atoms with Crippen LogP contribution in [0.5, 0.6) is 0 Å². The predicted octanol–water partition coefficient (Wildman–Crippen LogP) is 4.06. The minimum absolute atomic E-state index is 0.133. The van der Waals surface area contributed by atoms with Crippen LogP contribution in [0.25, 0.3) is 0 Å². The van der Waals surface area contributed by atoms with Crippen LogP contribution < -0.4 is 0 Å². The number of aryl methyl sites for hydroxylation is 1. The van der Waals surface area contributed by atoms with Gasteiger partial charge < -0.3 is 0 Å². The van der Waals surface area contributed by atoms with Crippen LogP contribution in [0.4, 0.5) is 0 Å². The fraction of sp³-hybridized carbons (Fsp3) is 0.556. The Balaban J connectivity index is 1.88. The molecular formula is C18H21BrO2. The third-order valence-corrected chi connectivity index (χ3v) is 5.56. The van der Waals surface area contributed by atoms with Gasteiger partial charge >= 0.3 is 0 Å². The van der Waals surface area contributed by atoms with Crippen molar-refractivity contribution in [1.82, 2.24) is 0 Å². The van der Waals surface area contributed by atoms with Crippen molar-refractivity contribution in [3.8, 4) is 0 Å². The number of unbranched alkanes of at least 4 members (excludes halogenated alkanes) is 1. The first kappa shape index (κ1) is 15.0. The van der Waals surface area contributed by atoms with Gasteiger partial charge in [-0.2, -0.15) is 0 Å². The van der Waals surface area contributed by atoms with Crippen molar-refractivity contribution in [1.29, 1.82) is 0 Å². The van der Waals surface area contributed by atoms with Gasteiger partial charge in [0.1, 0.15) is 5.92 Å². The quantitative estimate of drug-likeness (QED) is 0.456. The highest BCUT2D eigenvalue weighted by atomic mass is 79.9. The molecule has 0 spiro atoms. The van der Waals surface area contributed by atoms with E-state index in [9.17, 15) is 9.59 Å². The second kappa shape index (κ2) is 6.43. The molecule has 2 atom stereocenters. The van der Waals surface area contributed by atoms with Gasteiger partial charge in [-0.1, -0.05) is 40.2 Å². The maximum atomic E-state index is 12.6. The summed E-state index contributed by atoms with van der Waals surface area (Å²) in [6, 6.07) is 8.05. The Bertz CT molecular complexity index is 530. The van der Waals surface area contributed by atoms with Crippen LogP contribution in [0.3, 0.4) is 0 Å². The van der Waals surface area contributed by atoms with E-state index in [1.54, 1.807) is 0 Å². The molecule has 2 aliphatic carbocycles. The average molecular weight is 349 g/mol. The molecule has 0 aliphatic heterocycles. The van der Waals surface area contributed by atoms with Crippen molar-refractivity contribution in [3.05, 3.63) is 35.4 Å². The Morgan fingerprint density at radius 1 is 1.00 bits per heavy atom. The molecule has 1 aromatic rings. The molecule has 0 aromatic heterocycles. The van der Waals surface area contributed by atoms with Crippen LogP contribution in [0, 0.1) is 11.8 Å². The Morgan fingerprint density at radius 2 is 1.67 bits per heavy atom. The van der Waals surface area contributed by atoms with Gasteiger partial charge in [-0.15, -0.1) is 0 Å². The lowest BCUT2D eigenvalue weighted by Gasteiger charge is -2.27. The molecule has 2 bridgehead atoms. The number of alkyl halides is 1. The lowest BCUT2D eigenvalue weighted by Crippen LogP contribution is -2.35. The minimum atomic E-state index is -0.476. The number of carbonyl (C=O) groups is 2. The molecule has 0 heterocycles. The Kier molecular flexibility index (Phi) is 4.58. The number of carbonyl (C=O) groups excluding carboxylic acids is 2. The first-order valence-electron chi connectivity index (χ1n) is 7.93. The lowest BCUT2D eigenvalue weighted by molar-refractivity contribution is -0.135. The molecule has 21 heavy (non-hydrogen) atoms. The number of fused-ring (bicyclic) bond motifs is 2. The van der Waals surface area contributed by atoms with Crippen molar-refractivity contribution in [3.63, 3.8) is 0 Å². The van der Waals surface area contributed by atoms with Gasteiger partial charge in [-0.3, -0.25) is 9.59 Å². The maximum absolute atomic E-state index is 12.6. The summed E-state index contributed by atoms with van der Waals surface area (Å²) in [5.41, 5.74) is 2.17. The normalized spacial score (nSPS) is 28.1. The summed E-state index contributed by atoms with van der Waals surface area (Å²) in [7, 11) is 0. The number of halogens is 1. The van der Waals surface area contributed by atoms with E-state index >= 15 is 0 Å². The fourth-order valence-electron chi connectivity index (χ4n) is 3.87. The van der Waals surface area contributed by atoms with E-state index in [1.807, 2.05) is 18.2 Å². The minimum Gasteiger partial charge on any atom is -0.298 e. The number of Topliss-reactive ketones (excluding diaryl/α,β-unsaturated/α-hetero) is 2. The summed E-state index contributed by atoms with van der Waals surface area (Å²) in [5, 5.41) is 1.00. The third kappa shape index (κ3) is 2.85. The van der Waals surface area contributed by atoms with E-state index in [2.05, 4.69) is 22.0 Å². The van der Waals surface area contributed by atoms with Crippen LogP contribution >= 0.6 is 15.9 Å². The molecule has 112 valence electrons. The maximum Gasteiger partial charge on any atom is 0.150 e. The van der Waals surface area contributed by atoms with Gasteiger partial charge in [0.2, 0.25) is 0 Å². The summed E-state index contributed by atoms with van der Waals surface area (Å²) in [6.45, 7) is 0. The van der Waals surface area contributed by atoms with Gasteiger partial charge in [0, 0.05) is 17.2 Å². The summed E-state index contributed by atoms with van der Waals surface area (Å²) in [4.78, 5) is 25.3. The first-order valence-corrected chi connectivity index (χ1v) is 9.05. The summed E-state index contributed by atoms with van der Waals surface area (Å²) < 4.78 is 0. The van der Waals surface area contributed by atoms with Gasteiger partial charge in [0.25, 0.3) is 0 Å². The van der Waals surface area contributed by atoms with Crippen LogP contribution in [0.1, 0.15) is 49.1 Å². The van der Waals surface area contributed by atoms with E-state index < -0.39 is 5.92 Å². The van der Waals surface area contributed by atoms with Crippen molar-refractivity contribution < 1.29 is 9.59 Å². The highest BCUT2D eigenvalue weighted by Crippen LogP contribution is 2.44. The zero-order chi connectivity index (χ0) is 14.8. The molecule has 0 radical (unpaired) electrons. The molecule has 2 unspecified atom stereocenters. The topological polar surface area (TPSA) is 34.1 Å². The van der Waals surface area contributed by atoms with Crippen LogP contribution in [0.2, 0.25) is 0 Å². The number of benzene rings is 1. The van der Waals surface area contributed by atoms with E-state index in [0.29, 0.717) is 0 Å². The second-order valence-electron chi connectivity index (χ2n) is 6.29. The Morgan fingerprint density at radius 3 is 2.33 bits per heavy atom. The standard InChI is InChI=1S/C18H21BrO2/c19-10-4-3-6-12-5-1-2-7-15(12)16-17(20)13-8-9-14(11-13)18(16)21/h1-2,5,7,13-14,16H,3-4,6,8-11H2. The predicted molar refractivity (Wildman–Crippen MR) is 86.8 cm³/mol.